The first kappa shape index (κ1) is 31.0. The number of aryl methyl sites for hydroxylation is 1. The van der Waals surface area contributed by atoms with Crippen molar-refractivity contribution in [3.63, 3.8) is 0 Å². The standard InChI is InChI=1S/C34H45N5O3/c1-7-23-14-16-26(17-15-23)34(8-2,32(42)37-28(30(35)40)18-22(3)4)38-31(41)27-21-36-39-29(27)19-25(20-33(39,5)6)24-12-10-9-11-13-24/h9-17,21-22,25,28H,7-8,18-20H2,1-6H3,(H2,35,40)(H,37,42)(H,38,41)/t25-,28?,34?/m0/s1. The lowest BCUT2D eigenvalue weighted by Gasteiger charge is -2.38. The third-order valence-corrected chi connectivity index (χ3v) is 8.60. The molecule has 1 aliphatic heterocycles. The molecule has 8 nitrogen and oxygen atoms in total. The number of hydrogen-bond donors (Lipinski definition) is 3. The number of aromatic nitrogens is 2. The second kappa shape index (κ2) is 12.5. The average Bonchev–Trinajstić information content (AvgIpc) is 3.41. The lowest BCUT2D eigenvalue weighted by molar-refractivity contribution is -0.132. The summed E-state index contributed by atoms with van der Waals surface area (Å²) in [7, 11) is 0. The molecule has 1 aromatic heterocycles. The highest BCUT2D eigenvalue weighted by Gasteiger charge is 2.43. The molecule has 0 saturated carbocycles. The normalized spacial score (nSPS) is 18.0. The first-order valence-electron chi connectivity index (χ1n) is 15.1. The molecule has 4 N–H and O–H groups in total. The van der Waals surface area contributed by atoms with Gasteiger partial charge in [0.15, 0.2) is 0 Å². The minimum absolute atomic E-state index is 0.136. The number of rotatable bonds is 11. The van der Waals surface area contributed by atoms with Gasteiger partial charge in [0.05, 0.1) is 23.0 Å². The van der Waals surface area contributed by atoms with Crippen molar-refractivity contribution >= 4 is 17.7 Å². The van der Waals surface area contributed by atoms with Crippen LogP contribution < -0.4 is 16.4 Å². The maximum Gasteiger partial charge on any atom is 0.255 e. The van der Waals surface area contributed by atoms with Gasteiger partial charge in [0.25, 0.3) is 11.8 Å². The van der Waals surface area contributed by atoms with Crippen LogP contribution in [0.2, 0.25) is 0 Å². The molecule has 0 bridgehead atoms. The van der Waals surface area contributed by atoms with Crippen LogP contribution in [0, 0.1) is 5.92 Å². The molecule has 3 aromatic rings. The van der Waals surface area contributed by atoms with Gasteiger partial charge in [-0.15, -0.1) is 0 Å². The van der Waals surface area contributed by atoms with E-state index >= 15 is 0 Å². The van der Waals surface area contributed by atoms with E-state index in [1.165, 1.54) is 5.56 Å². The second-order valence-corrected chi connectivity index (χ2v) is 12.6. The zero-order chi connectivity index (χ0) is 30.7. The fourth-order valence-electron chi connectivity index (χ4n) is 6.24. The molecule has 0 radical (unpaired) electrons. The van der Waals surface area contributed by atoms with Gasteiger partial charge in [-0.25, -0.2) is 0 Å². The summed E-state index contributed by atoms with van der Waals surface area (Å²) in [5.41, 5.74) is 8.25. The van der Waals surface area contributed by atoms with Crippen LogP contribution in [0.3, 0.4) is 0 Å². The number of nitrogens with one attached hydrogen (secondary N) is 2. The van der Waals surface area contributed by atoms with Gasteiger partial charge in [-0.3, -0.25) is 19.1 Å². The Labute approximate surface area is 249 Å². The number of amides is 3. The van der Waals surface area contributed by atoms with Crippen molar-refractivity contribution in [2.45, 2.75) is 96.7 Å². The van der Waals surface area contributed by atoms with E-state index in [1.807, 2.05) is 67.9 Å². The molecule has 0 spiro atoms. The molecule has 3 atom stereocenters. The van der Waals surface area contributed by atoms with Gasteiger partial charge in [0.2, 0.25) is 5.91 Å². The van der Waals surface area contributed by atoms with Crippen LogP contribution in [0.5, 0.6) is 0 Å². The van der Waals surface area contributed by atoms with Crippen LogP contribution in [0.25, 0.3) is 0 Å². The second-order valence-electron chi connectivity index (χ2n) is 12.6. The van der Waals surface area contributed by atoms with Crippen molar-refractivity contribution in [1.29, 1.82) is 0 Å². The number of benzene rings is 2. The number of hydrogen-bond acceptors (Lipinski definition) is 4. The number of fused-ring (bicyclic) bond motifs is 1. The van der Waals surface area contributed by atoms with Crippen molar-refractivity contribution in [2.24, 2.45) is 11.7 Å². The first-order chi connectivity index (χ1) is 19.9. The van der Waals surface area contributed by atoms with Crippen molar-refractivity contribution in [3.8, 4) is 0 Å². The molecule has 2 heterocycles. The van der Waals surface area contributed by atoms with Crippen molar-refractivity contribution in [1.82, 2.24) is 20.4 Å². The van der Waals surface area contributed by atoms with E-state index in [0.29, 0.717) is 24.0 Å². The third-order valence-electron chi connectivity index (χ3n) is 8.60. The highest BCUT2D eigenvalue weighted by Crippen LogP contribution is 2.40. The van der Waals surface area contributed by atoms with Crippen molar-refractivity contribution < 1.29 is 14.4 Å². The molecule has 8 heteroatoms. The van der Waals surface area contributed by atoms with Crippen LogP contribution in [-0.4, -0.2) is 33.5 Å². The van der Waals surface area contributed by atoms with Gasteiger partial charge >= 0.3 is 0 Å². The lowest BCUT2D eigenvalue weighted by atomic mass is 9.79. The summed E-state index contributed by atoms with van der Waals surface area (Å²) in [4.78, 5) is 40.6. The minimum atomic E-state index is -1.42. The van der Waals surface area contributed by atoms with Crippen LogP contribution in [-0.2, 0) is 33.5 Å². The van der Waals surface area contributed by atoms with Gasteiger partial charge in [0.1, 0.15) is 11.6 Å². The summed E-state index contributed by atoms with van der Waals surface area (Å²) in [5.74, 6) is -1.08. The van der Waals surface area contributed by atoms with Crippen LogP contribution >= 0.6 is 0 Å². The Morgan fingerprint density at radius 3 is 2.31 bits per heavy atom. The Bertz CT molecular complexity index is 1410. The van der Waals surface area contributed by atoms with Gasteiger partial charge in [-0.1, -0.05) is 82.3 Å². The first-order valence-corrected chi connectivity index (χ1v) is 15.1. The smallest absolute Gasteiger partial charge is 0.255 e. The van der Waals surface area contributed by atoms with Crippen LogP contribution in [0.4, 0.5) is 0 Å². The number of primary amides is 1. The molecule has 2 aromatic carbocycles. The molecular weight excluding hydrogens is 526 g/mol. The molecule has 224 valence electrons. The summed E-state index contributed by atoms with van der Waals surface area (Å²) in [5, 5.41) is 10.6. The fraction of sp³-hybridized carbons (Fsp3) is 0.471. The summed E-state index contributed by atoms with van der Waals surface area (Å²) < 4.78 is 1.96. The molecule has 0 aliphatic carbocycles. The summed E-state index contributed by atoms with van der Waals surface area (Å²) in [6.07, 6.45) is 4.68. The fourth-order valence-corrected chi connectivity index (χ4v) is 6.24. The maximum atomic E-state index is 14.2. The molecule has 4 rings (SSSR count). The molecule has 3 amide bonds. The highest BCUT2D eigenvalue weighted by atomic mass is 16.2. The van der Waals surface area contributed by atoms with E-state index in [9.17, 15) is 14.4 Å². The van der Waals surface area contributed by atoms with Crippen molar-refractivity contribution in [2.75, 3.05) is 0 Å². The van der Waals surface area contributed by atoms with E-state index < -0.39 is 23.4 Å². The van der Waals surface area contributed by atoms with E-state index in [-0.39, 0.29) is 29.7 Å². The molecular formula is C34H45N5O3. The summed E-state index contributed by atoms with van der Waals surface area (Å²) in [6, 6.07) is 17.2. The van der Waals surface area contributed by atoms with Crippen LogP contribution in [0.1, 0.15) is 99.5 Å². The third kappa shape index (κ3) is 6.27. The minimum Gasteiger partial charge on any atom is -0.368 e. The molecule has 0 fully saturated rings. The Balaban J connectivity index is 1.73. The monoisotopic (exact) mass is 571 g/mol. The van der Waals surface area contributed by atoms with Gasteiger partial charge in [-0.05, 0) is 74.5 Å². The zero-order valence-corrected chi connectivity index (χ0v) is 25.7. The summed E-state index contributed by atoms with van der Waals surface area (Å²) in [6.45, 7) is 12.1. The van der Waals surface area contributed by atoms with E-state index in [4.69, 9.17) is 5.73 Å². The molecule has 2 unspecified atom stereocenters. The molecule has 1 aliphatic rings. The predicted molar refractivity (Wildman–Crippen MR) is 165 cm³/mol. The molecule has 42 heavy (non-hydrogen) atoms. The Morgan fingerprint density at radius 1 is 1.07 bits per heavy atom. The number of carbonyl (C=O) groups excluding carboxylic acids is 3. The van der Waals surface area contributed by atoms with Gasteiger partial charge < -0.3 is 16.4 Å². The van der Waals surface area contributed by atoms with Gasteiger partial charge in [-0.2, -0.15) is 5.10 Å². The Morgan fingerprint density at radius 2 is 1.74 bits per heavy atom. The van der Waals surface area contributed by atoms with Crippen molar-refractivity contribution in [3.05, 3.63) is 88.7 Å². The Hall–Kier alpha value is -3.94. The number of carbonyl (C=O) groups is 3. The van der Waals surface area contributed by atoms with E-state index in [2.05, 4.69) is 48.6 Å². The Kier molecular flexibility index (Phi) is 9.24. The quantitative estimate of drug-likeness (QED) is 0.301. The topological polar surface area (TPSA) is 119 Å². The number of nitrogens with two attached hydrogens (primary N) is 1. The summed E-state index contributed by atoms with van der Waals surface area (Å²) >= 11 is 0. The number of nitrogens with zero attached hydrogens (tertiary/aromatic N) is 2. The average molecular weight is 572 g/mol. The highest BCUT2D eigenvalue weighted by molar-refractivity contribution is 6.01. The van der Waals surface area contributed by atoms with E-state index in [0.717, 1.165) is 24.1 Å². The predicted octanol–water partition coefficient (Wildman–Crippen LogP) is 4.96. The molecule has 0 saturated heterocycles. The largest absolute Gasteiger partial charge is 0.368 e. The van der Waals surface area contributed by atoms with Crippen LogP contribution in [0.15, 0.2) is 60.8 Å². The maximum absolute atomic E-state index is 14.2. The lowest BCUT2D eigenvalue weighted by Crippen LogP contribution is -2.59. The van der Waals surface area contributed by atoms with Gasteiger partial charge in [0, 0.05) is 0 Å². The SMILES string of the molecule is CCc1ccc(C(CC)(NC(=O)c2cnn3c2C[C@H](c2ccccc2)CC3(C)C)C(=O)NC(CC(C)C)C(N)=O)cc1. The zero-order valence-electron chi connectivity index (χ0n) is 25.7. The van der Waals surface area contributed by atoms with E-state index in [1.54, 1.807) is 6.20 Å².